The van der Waals surface area contributed by atoms with Crippen LogP contribution in [-0.4, -0.2) is 57.9 Å². The van der Waals surface area contributed by atoms with E-state index in [-0.39, 0.29) is 16.7 Å². The summed E-state index contributed by atoms with van der Waals surface area (Å²) in [4.78, 5) is 25.5. The molecule has 2 unspecified atom stereocenters. The van der Waals surface area contributed by atoms with Crippen molar-refractivity contribution in [3.05, 3.63) is 24.3 Å². The van der Waals surface area contributed by atoms with Crippen LogP contribution in [0.3, 0.4) is 0 Å². The lowest BCUT2D eigenvalue weighted by molar-refractivity contribution is -0.134. The van der Waals surface area contributed by atoms with Gasteiger partial charge in [-0.25, -0.2) is 8.42 Å². The van der Waals surface area contributed by atoms with E-state index in [1.807, 2.05) is 7.05 Å². The third-order valence-electron chi connectivity index (χ3n) is 4.51. The average Bonchev–Trinajstić information content (AvgIpc) is 2.61. The van der Waals surface area contributed by atoms with Gasteiger partial charge in [0.2, 0.25) is 21.8 Å². The zero-order chi connectivity index (χ0) is 20.0. The van der Waals surface area contributed by atoms with E-state index in [9.17, 15) is 18.0 Å². The van der Waals surface area contributed by atoms with Gasteiger partial charge in [0.15, 0.2) is 0 Å². The van der Waals surface area contributed by atoms with Crippen molar-refractivity contribution in [2.75, 3.05) is 32.0 Å². The Bertz CT molecular complexity index is 762. The molecule has 2 amide bonds. The van der Waals surface area contributed by atoms with Crippen LogP contribution >= 0.6 is 0 Å². The minimum absolute atomic E-state index is 0.0444. The Kier molecular flexibility index (Phi) is 7.34. The van der Waals surface area contributed by atoms with Crippen molar-refractivity contribution in [1.29, 1.82) is 0 Å². The number of likely N-dealkylation sites (tertiary alicyclic amines) is 1. The largest absolute Gasteiger partial charge is 0.341 e. The van der Waals surface area contributed by atoms with Crippen LogP contribution in [0.15, 0.2) is 29.2 Å². The van der Waals surface area contributed by atoms with Crippen molar-refractivity contribution in [2.24, 2.45) is 5.92 Å². The topological polar surface area (TPSA) is 108 Å². The summed E-state index contributed by atoms with van der Waals surface area (Å²) in [6.45, 7) is 5.06. The first kappa shape index (κ1) is 21.3. The number of hydrogen-bond donors (Lipinski definition) is 3. The number of rotatable bonds is 7. The molecule has 3 N–H and O–H groups in total. The number of piperidine rings is 1. The van der Waals surface area contributed by atoms with Gasteiger partial charge in [0.25, 0.3) is 0 Å². The van der Waals surface area contributed by atoms with Gasteiger partial charge < -0.3 is 15.5 Å². The normalized spacial score (nSPS) is 18.8. The highest BCUT2D eigenvalue weighted by Gasteiger charge is 2.29. The molecule has 0 spiro atoms. The summed E-state index contributed by atoms with van der Waals surface area (Å²) in [7, 11) is -1.95. The highest BCUT2D eigenvalue weighted by atomic mass is 32.2. The molecule has 1 heterocycles. The van der Waals surface area contributed by atoms with E-state index >= 15 is 0 Å². The number of carbonyl (C=O) groups excluding carboxylic acids is 2. The van der Waals surface area contributed by atoms with Crippen LogP contribution in [-0.2, 0) is 19.6 Å². The van der Waals surface area contributed by atoms with Crippen molar-refractivity contribution >= 4 is 27.5 Å². The number of sulfonamides is 1. The van der Waals surface area contributed by atoms with Crippen molar-refractivity contribution in [1.82, 2.24) is 14.9 Å². The minimum Gasteiger partial charge on any atom is -0.341 e. The molecule has 1 aliphatic rings. The van der Waals surface area contributed by atoms with E-state index in [4.69, 9.17) is 0 Å². The maximum Gasteiger partial charge on any atom is 0.241 e. The quantitative estimate of drug-likeness (QED) is 0.631. The third kappa shape index (κ3) is 6.02. The van der Waals surface area contributed by atoms with Gasteiger partial charge in [-0.2, -0.15) is 4.72 Å². The molecule has 1 aliphatic heterocycles. The molecule has 1 aromatic carbocycles. The van der Waals surface area contributed by atoms with Crippen LogP contribution in [0.2, 0.25) is 0 Å². The first-order chi connectivity index (χ1) is 12.7. The second-order valence-electron chi connectivity index (χ2n) is 6.90. The molecule has 0 aliphatic carbocycles. The second-order valence-corrected chi connectivity index (χ2v) is 8.61. The van der Waals surface area contributed by atoms with Gasteiger partial charge in [-0.05, 0) is 63.5 Å². The van der Waals surface area contributed by atoms with Crippen LogP contribution < -0.4 is 15.4 Å². The predicted octanol–water partition coefficient (Wildman–Crippen LogP) is 0.770. The van der Waals surface area contributed by atoms with Gasteiger partial charge in [0, 0.05) is 25.7 Å². The van der Waals surface area contributed by atoms with Crippen molar-refractivity contribution < 1.29 is 18.0 Å². The lowest BCUT2D eigenvalue weighted by atomic mass is 9.97. The maximum atomic E-state index is 12.7. The van der Waals surface area contributed by atoms with E-state index in [1.165, 1.54) is 31.2 Å². The molecule has 8 nitrogen and oxygen atoms in total. The Balaban J connectivity index is 2.01. The lowest BCUT2D eigenvalue weighted by Crippen LogP contribution is -2.50. The standard InChI is InChI=1S/C18H28N4O4S/c1-13(18(24)22-10-4-5-15(12-22)11-19-3)21-27(25,26)17-8-6-16(7-9-17)20-14(2)23/h6-9,13,15,19,21H,4-5,10-12H2,1-3H3,(H,20,23). The molecule has 1 aromatic rings. The van der Waals surface area contributed by atoms with Crippen molar-refractivity contribution in [3.8, 4) is 0 Å². The number of benzene rings is 1. The van der Waals surface area contributed by atoms with Gasteiger partial charge in [-0.15, -0.1) is 0 Å². The summed E-state index contributed by atoms with van der Waals surface area (Å²) in [6.07, 6.45) is 1.98. The minimum atomic E-state index is -3.83. The zero-order valence-corrected chi connectivity index (χ0v) is 16.8. The highest BCUT2D eigenvalue weighted by molar-refractivity contribution is 7.89. The lowest BCUT2D eigenvalue weighted by Gasteiger charge is -2.34. The van der Waals surface area contributed by atoms with Crippen LogP contribution in [0.1, 0.15) is 26.7 Å². The molecule has 27 heavy (non-hydrogen) atoms. The van der Waals surface area contributed by atoms with Crippen LogP contribution in [0, 0.1) is 5.92 Å². The smallest absolute Gasteiger partial charge is 0.241 e. The Morgan fingerprint density at radius 1 is 1.26 bits per heavy atom. The van der Waals surface area contributed by atoms with Crippen molar-refractivity contribution in [3.63, 3.8) is 0 Å². The molecule has 0 bridgehead atoms. The van der Waals surface area contributed by atoms with Crippen LogP contribution in [0.5, 0.6) is 0 Å². The second kappa shape index (κ2) is 9.29. The molecule has 0 radical (unpaired) electrons. The number of carbonyl (C=O) groups is 2. The molecule has 0 aromatic heterocycles. The Hall–Kier alpha value is -1.97. The monoisotopic (exact) mass is 396 g/mol. The fourth-order valence-electron chi connectivity index (χ4n) is 3.27. The fourth-order valence-corrected chi connectivity index (χ4v) is 4.46. The highest BCUT2D eigenvalue weighted by Crippen LogP contribution is 2.18. The van der Waals surface area contributed by atoms with E-state index in [0.29, 0.717) is 24.7 Å². The van der Waals surface area contributed by atoms with Crippen molar-refractivity contribution in [2.45, 2.75) is 37.6 Å². The van der Waals surface area contributed by atoms with E-state index < -0.39 is 16.1 Å². The Morgan fingerprint density at radius 2 is 1.93 bits per heavy atom. The van der Waals surface area contributed by atoms with E-state index in [2.05, 4.69) is 15.4 Å². The summed E-state index contributed by atoms with van der Waals surface area (Å²) in [5.74, 6) is -0.0619. The molecular weight excluding hydrogens is 368 g/mol. The Morgan fingerprint density at radius 3 is 2.52 bits per heavy atom. The average molecular weight is 397 g/mol. The van der Waals surface area contributed by atoms with Gasteiger partial charge in [0.05, 0.1) is 10.9 Å². The summed E-state index contributed by atoms with van der Waals surface area (Å²) in [6, 6.07) is 4.96. The maximum absolute atomic E-state index is 12.7. The Labute approximate surface area is 160 Å². The number of hydrogen-bond acceptors (Lipinski definition) is 5. The molecule has 2 rings (SSSR count). The van der Waals surface area contributed by atoms with E-state index in [1.54, 1.807) is 11.8 Å². The molecule has 1 saturated heterocycles. The fraction of sp³-hybridized carbons (Fsp3) is 0.556. The van der Waals surface area contributed by atoms with Gasteiger partial charge >= 0.3 is 0 Å². The first-order valence-electron chi connectivity index (χ1n) is 9.06. The third-order valence-corrected chi connectivity index (χ3v) is 6.07. The molecule has 1 fully saturated rings. The van der Waals surface area contributed by atoms with Gasteiger partial charge in [-0.3, -0.25) is 9.59 Å². The number of nitrogens with zero attached hydrogens (tertiary/aromatic N) is 1. The number of anilines is 1. The summed E-state index contributed by atoms with van der Waals surface area (Å²) >= 11 is 0. The number of nitrogens with one attached hydrogen (secondary N) is 3. The number of amides is 2. The van der Waals surface area contributed by atoms with E-state index in [0.717, 1.165) is 19.4 Å². The zero-order valence-electron chi connectivity index (χ0n) is 16.0. The molecular formula is C18H28N4O4S. The first-order valence-corrected chi connectivity index (χ1v) is 10.5. The SMILES string of the molecule is CNCC1CCCN(C(=O)C(C)NS(=O)(=O)c2ccc(NC(C)=O)cc2)C1. The molecule has 2 atom stereocenters. The summed E-state index contributed by atoms with van der Waals surface area (Å²) < 4.78 is 27.6. The van der Waals surface area contributed by atoms with Crippen LogP contribution in [0.4, 0.5) is 5.69 Å². The molecule has 150 valence electrons. The molecule has 0 saturated carbocycles. The summed E-state index contributed by atoms with van der Waals surface area (Å²) in [5, 5.41) is 5.71. The predicted molar refractivity (Wildman–Crippen MR) is 104 cm³/mol. The van der Waals surface area contributed by atoms with Crippen LogP contribution in [0.25, 0.3) is 0 Å². The molecule has 9 heteroatoms. The van der Waals surface area contributed by atoms with Gasteiger partial charge in [-0.1, -0.05) is 0 Å². The summed E-state index contributed by atoms with van der Waals surface area (Å²) in [5.41, 5.74) is 0.509. The van der Waals surface area contributed by atoms with Gasteiger partial charge in [0.1, 0.15) is 0 Å².